The van der Waals surface area contributed by atoms with Gasteiger partial charge in [0.25, 0.3) is 0 Å². The standard InChI is InChI=1S/C23H33N5O2S/c1-3-24-23(27-21-10-13-28(14-11-21)15-16-31(2,29)30)26-18-19-7-6-8-20(17-19)22-9-4-5-12-25-22/h4-9,12,17,21H,3,10-11,13-16,18H2,1-2H3,(H2,24,26,27). The topological polar surface area (TPSA) is 86.7 Å². The number of sulfone groups is 1. The van der Waals surface area contributed by atoms with E-state index < -0.39 is 9.84 Å². The summed E-state index contributed by atoms with van der Waals surface area (Å²) in [7, 11) is -2.91. The number of benzene rings is 1. The molecular formula is C23H33N5O2S. The van der Waals surface area contributed by atoms with Gasteiger partial charge >= 0.3 is 0 Å². The molecule has 1 aliphatic rings. The number of likely N-dealkylation sites (tertiary alicyclic amines) is 1. The van der Waals surface area contributed by atoms with Gasteiger partial charge in [0.05, 0.1) is 18.0 Å². The van der Waals surface area contributed by atoms with Crippen molar-refractivity contribution in [1.82, 2.24) is 20.5 Å². The number of rotatable bonds is 8. The number of pyridine rings is 1. The predicted octanol–water partition coefficient (Wildman–Crippen LogP) is 2.31. The molecule has 2 heterocycles. The van der Waals surface area contributed by atoms with Gasteiger partial charge in [0.2, 0.25) is 0 Å². The average molecular weight is 444 g/mol. The first-order valence-electron chi connectivity index (χ1n) is 10.9. The lowest BCUT2D eigenvalue weighted by molar-refractivity contribution is 0.216. The van der Waals surface area contributed by atoms with E-state index in [0.717, 1.165) is 55.3 Å². The molecule has 31 heavy (non-hydrogen) atoms. The predicted molar refractivity (Wildman–Crippen MR) is 127 cm³/mol. The van der Waals surface area contributed by atoms with Gasteiger partial charge in [-0.3, -0.25) is 4.98 Å². The number of piperidine rings is 1. The quantitative estimate of drug-likeness (QED) is 0.481. The van der Waals surface area contributed by atoms with Crippen LogP contribution in [0.5, 0.6) is 0 Å². The van der Waals surface area contributed by atoms with Gasteiger partial charge in [-0.05, 0) is 43.5 Å². The Morgan fingerprint density at radius 2 is 2.00 bits per heavy atom. The lowest BCUT2D eigenvalue weighted by atomic mass is 10.1. The van der Waals surface area contributed by atoms with Crippen molar-refractivity contribution in [2.75, 3.05) is 38.2 Å². The fraction of sp³-hybridized carbons (Fsp3) is 0.478. The van der Waals surface area contributed by atoms with Crippen LogP contribution in [0.25, 0.3) is 11.3 Å². The van der Waals surface area contributed by atoms with Crippen LogP contribution in [0.1, 0.15) is 25.3 Å². The number of aromatic nitrogens is 1. The molecule has 2 N–H and O–H groups in total. The van der Waals surface area contributed by atoms with Crippen molar-refractivity contribution in [1.29, 1.82) is 0 Å². The molecular weight excluding hydrogens is 410 g/mol. The number of nitrogens with zero attached hydrogens (tertiary/aromatic N) is 3. The van der Waals surface area contributed by atoms with Gasteiger partial charge in [-0.15, -0.1) is 0 Å². The van der Waals surface area contributed by atoms with Gasteiger partial charge in [-0.25, -0.2) is 13.4 Å². The highest BCUT2D eigenvalue weighted by Gasteiger charge is 2.20. The van der Waals surface area contributed by atoms with Crippen LogP contribution in [0.2, 0.25) is 0 Å². The van der Waals surface area contributed by atoms with Gasteiger partial charge < -0.3 is 15.5 Å². The summed E-state index contributed by atoms with van der Waals surface area (Å²) in [5.74, 6) is 1.05. The van der Waals surface area contributed by atoms with Crippen molar-refractivity contribution in [3.05, 3.63) is 54.2 Å². The summed E-state index contributed by atoms with van der Waals surface area (Å²) in [6.45, 7) is 5.87. The zero-order valence-electron chi connectivity index (χ0n) is 18.4. The van der Waals surface area contributed by atoms with Crippen LogP contribution in [0, 0.1) is 0 Å². The van der Waals surface area contributed by atoms with E-state index >= 15 is 0 Å². The first-order valence-corrected chi connectivity index (χ1v) is 12.9. The van der Waals surface area contributed by atoms with E-state index in [1.165, 1.54) is 6.26 Å². The fourth-order valence-corrected chi connectivity index (χ4v) is 4.23. The van der Waals surface area contributed by atoms with E-state index in [1.54, 1.807) is 6.20 Å². The van der Waals surface area contributed by atoms with Crippen LogP contribution in [0.4, 0.5) is 0 Å². The molecule has 1 fully saturated rings. The second-order valence-electron chi connectivity index (χ2n) is 8.00. The van der Waals surface area contributed by atoms with Gasteiger partial charge in [0, 0.05) is 50.2 Å². The van der Waals surface area contributed by atoms with Crippen LogP contribution < -0.4 is 10.6 Å². The zero-order chi connectivity index (χ0) is 22.1. The van der Waals surface area contributed by atoms with Crippen LogP contribution >= 0.6 is 0 Å². The Bertz CT molecular complexity index is 955. The van der Waals surface area contributed by atoms with Gasteiger partial charge in [0.15, 0.2) is 5.96 Å². The summed E-state index contributed by atoms with van der Waals surface area (Å²) in [5.41, 5.74) is 3.18. The monoisotopic (exact) mass is 443 g/mol. The Morgan fingerprint density at radius 3 is 2.68 bits per heavy atom. The molecule has 0 amide bonds. The fourth-order valence-electron chi connectivity index (χ4n) is 3.64. The Morgan fingerprint density at radius 1 is 1.19 bits per heavy atom. The normalized spacial score (nSPS) is 16.3. The molecule has 0 spiro atoms. The maximum atomic E-state index is 11.4. The molecule has 0 radical (unpaired) electrons. The molecule has 0 bridgehead atoms. The second kappa shape index (κ2) is 11.2. The smallest absolute Gasteiger partial charge is 0.191 e. The number of nitrogens with one attached hydrogen (secondary N) is 2. The third kappa shape index (κ3) is 7.95. The molecule has 8 heteroatoms. The van der Waals surface area contributed by atoms with Crippen molar-refractivity contribution in [3.8, 4) is 11.3 Å². The third-order valence-electron chi connectivity index (χ3n) is 5.36. The van der Waals surface area contributed by atoms with Crippen LogP contribution in [0.3, 0.4) is 0 Å². The molecule has 0 unspecified atom stereocenters. The Kier molecular flexibility index (Phi) is 8.43. The van der Waals surface area contributed by atoms with Crippen LogP contribution in [0.15, 0.2) is 53.7 Å². The molecule has 7 nitrogen and oxygen atoms in total. The maximum Gasteiger partial charge on any atom is 0.191 e. The van der Waals surface area contributed by atoms with Crippen molar-refractivity contribution in [2.45, 2.75) is 32.4 Å². The number of aliphatic imine (C=N–C) groups is 1. The average Bonchev–Trinajstić information content (AvgIpc) is 2.77. The molecule has 0 aliphatic carbocycles. The first-order chi connectivity index (χ1) is 14.9. The minimum Gasteiger partial charge on any atom is -0.357 e. The van der Waals surface area contributed by atoms with Crippen molar-refractivity contribution >= 4 is 15.8 Å². The Balaban J connectivity index is 1.55. The third-order valence-corrected chi connectivity index (χ3v) is 6.28. The molecule has 3 rings (SSSR count). The summed E-state index contributed by atoms with van der Waals surface area (Å²) in [6.07, 6.45) is 5.05. The second-order valence-corrected chi connectivity index (χ2v) is 10.3. The summed E-state index contributed by atoms with van der Waals surface area (Å²) in [5, 5.41) is 6.88. The molecule has 2 aromatic rings. The van der Waals surface area contributed by atoms with Gasteiger partial charge in [0.1, 0.15) is 9.84 Å². The van der Waals surface area contributed by atoms with E-state index in [-0.39, 0.29) is 5.75 Å². The summed E-state index contributed by atoms with van der Waals surface area (Å²) >= 11 is 0. The minimum absolute atomic E-state index is 0.229. The van der Waals surface area contributed by atoms with E-state index in [2.05, 4.69) is 45.6 Å². The van der Waals surface area contributed by atoms with E-state index in [1.807, 2.05) is 24.3 Å². The lowest BCUT2D eigenvalue weighted by Crippen LogP contribution is -2.49. The molecule has 1 aromatic carbocycles. The van der Waals surface area contributed by atoms with Crippen molar-refractivity contribution in [2.24, 2.45) is 4.99 Å². The zero-order valence-corrected chi connectivity index (χ0v) is 19.2. The molecule has 1 aliphatic heterocycles. The number of guanidine groups is 1. The number of hydrogen-bond donors (Lipinski definition) is 2. The highest BCUT2D eigenvalue weighted by Crippen LogP contribution is 2.18. The largest absolute Gasteiger partial charge is 0.357 e. The lowest BCUT2D eigenvalue weighted by Gasteiger charge is -2.32. The Hall–Kier alpha value is -2.45. The molecule has 1 saturated heterocycles. The SMILES string of the molecule is CCNC(=NCc1cccc(-c2ccccn2)c1)NC1CCN(CCS(C)(=O)=O)CC1. The molecule has 168 valence electrons. The number of hydrogen-bond acceptors (Lipinski definition) is 5. The summed E-state index contributed by atoms with van der Waals surface area (Å²) in [4.78, 5) is 11.4. The Labute approximate surface area is 185 Å². The van der Waals surface area contributed by atoms with Gasteiger partial charge in [-0.2, -0.15) is 0 Å². The minimum atomic E-state index is -2.91. The first kappa shape index (κ1) is 23.2. The van der Waals surface area contributed by atoms with Crippen LogP contribution in [-0.2, 0) is 16.4 Å². The molecule has 0 saturated carbocycles. The van der Waals surface area contributed by atoms with Crippen molar-refractivity contribution < 1.29 is 8.42 Å². The van der Waals surface area contributed by atoms with Crippen LogP contribution in [-0.4, -0.2) is 68.5 Å². The summed E-state index contributed by atoms with van der Waals surface area (Å²) in [6, 6.07) is 14.6. The van der Waals surface area contributed by atoms with Gasteiger partial charge in [-0.1, -0.05) is 24.3 Å². The van der Waals surface area contributed by atoms with E-state index in [4.69, 9.17) is 4.99 Å². The van der Waals surface area contributed by atoms with E-state index in [9.17, 15) is 8.42 Å². The highest BCUT2D eigenvalue weighted by atomic mass is 32.2. The van der Waals surface area contributed by atoms with Crippen molar-refractivity contribution in [3.63, 3.8) is 0 Å². The molecule has 0 atom stereocenters. The van der Waals surface area contributed by atoms with E-state index in [0.29, 0.717) is 19.1 Å². The highest BCUT2D eigenvalue weighted by molar-refractivity contribution is 7.90. The summed E-state index contributed by atoms with van der Waals surface area (Å²) < 4.78 is 22.8. The molecule has 1 aromatic heterocycles. The maximum absolute atomic E-state index is 11.4.